The molecule has 4 heterocycles. The number of hydrogen-bond donors (Lipinski definition) is 1. The average Bonchev–Trinajstić information content (AvgIpc) is 3.38. The highest BCUT2D eigenvalue weighted by Gasteiger charge is 2.32. The van der Waals surface area contributed by atoms with Crippen LogP contribution in [0.15, 0.2) is 46.2 Å². The molecule has 0 atom stereocenters. The molecule has 1 aliphatic heterocycles. The van der Waals surface area contributed by atoms with Gasteiger partial charge in [-0.3, -0.25) is 14.5 Å². The van der Waals surface area contributed by atoms with Crippen molar-refractivity contribution in [3.05, 3.63) is 64.6 Å². The largest absolute Gasteiger partial charge is 0.352 e. The lowest BCUT2D eigenvalue weighted by molar-refractivity contribution is 0.0953. The molecule has 0 fully saturated rings. The highest BCUT2D eigenvalue weighted by molar-refractivity contribution is 7.91. The van der Waals surface area contributed by atoms with Gasteiger partial charge in [0.05, 0.1) is 11.3 Å². The Morgan fingerprint density at radius 3 is 2.90 bits per heavy atom. The molecule has 10 heteroatoms. The molecular weight excluding hydrogens is 410 g/mol. The smallest absolute Gasteiger partial charge is 0.252 e. The molecule has 0 saturated carbocycles. The molecule has 1 aliphatic rings. The van der Waals surface area contributed by atoms with Crippen molar-refractivity contribution < 1.29 is 13.2 Å². The van der Waals surface area contributed by atoms with Crippen LogP contribution >= 0.6 is 11.3 Å². The Morgan fingerprint density at radius 1 is 1.31 bits per heavy atom. The minimum atomic E-state index is -3.50. The van der Waals surface area contributed by atoms with Gasteiger partial charge in [0.1, 0.15) is 4.21 Å². The molecular formula is C19H21N5O3S2. The van der Waals surface area contributed by atoms with Crippen molar-refractivity contribution in [1.82, 2.24) is 24.4 Å². The van der Waals surface area contributed by atoms with Gasteiger partial charge >= 0.3 is 0 Å². The predicted octanol–water partition coefficient (Wildman–Crippen LogP) is 1.60. The summed E-state index contributed by atoms with van der Waals surface area (Å²) >= 11 is 1.23. The first-order valence-electron chi connectivity index (χ1n) is 9.22. The molecule has 4 rings (SSSR count). The van der Waals surface area contributed by atoms with Crippen molar-refractivity contribution >= 4 is 27.3 Å². The second-order valence-corrected chi connectivity index (χ2v) is 9.88. The number of aromatic nitrogens is 3. The van der Waals surface area contributed by atoms with E-state index >= 15 is 0 Å². The minimum absolute atomic E-state index is 0.190. The van der Waals surface area contributed by atoms with Gasteiger partial charge in [-0.1, -0.05) is 6.07 Å². The lowest BCUT2D eigenvalue weighted by atomic mass is 10.1. The van der Waals surface area contributed by atoms with Crippen molar-refractivity contribution in [2.75, 3.05) is 13.1 Å². The fraction of sp³-hybridized carbons (Fsp3) is 0.316. The number of aryl methyl sites for hydroxylation is 1. The molecule has 0 bridgehead atoms. The second-order valence-electron chi connectivity index (χ2n) is 6.76. The van der Waals surface area contributed by atoms with Gasteiger partial charge in [-0.15, -0.1) is 11.3 Å². The van der Waals surface area contributed by atoms with Crippen molar-refractivity contribution in [2.45, 2.75) is 23.6 Å². The minimum Gasteiger partial charge on any atom is -0.352 e. The van der Waals surface area contributed by atoms with Gasteiger partial charge < -0.3 is 5.32 Å². The number of carbonyl (C=O) groups excluding carboxylic acids is 1. The molecule has 0 radical (unpaired) electrons. The quantitative estimate of drug-likeness (QED) is 0.639. The Balaban J connectivity index is 1.47. The first kappa shape index (κ1) is 19.7. The lowest BCUT2D eigenvalue weighted by Gasteiger charge is -2.26. The van der Waals surface area contributed by atoms with E-state index in [9.17, 15) is 13.2 Å². The lowest BCUT2D eigenvalue weighted by Crippen LogP contribution is -2.36. The molecule has 0 spiro atoms. The number of nitrogens with one attached hydrogen (secondary N) is 1. The van der Waals surface area contributed by atoms with Crippen LogP contribution in [0.25, 0.3) is 0 Å². The van der Waals surface area contributed by atoms with Crippen molar-refractivity contribution in [3.8, 4) is 0 Å². The first-order chi connectivity index (χ1) is 14.0. The van der Waals surface area contributed by atoms with Crippen LogP contribution in [0.4, 0.5) is 0 Å². The summed E-state index contributed by atoms with van der Waals surface area (Å²) < 4.78 is 29.5. The number of fused-ring (bicyclic) bond motifs is 1. The van der Waals surface area contributed by atoms with E-state index in [0.717, 1.165) is 17.0 Å². The number of sulfonamides is 1. The number of hydrogen-bond acceptors (Lipinski definition) is 6. The van der Waals surface area contributed by atoms with E-state index in [1.165, 1.54) is 21.8 Å². The van der Waals surface area contributed by atoms with Gasteiger partial charge in [0, 0.05) is 63.2 Å². The van der Waals surface area contributed by atoms with Crippen LogP contribution in [0.5, 0.6) is 0 Å². The highest BCUT2D eigenvalue weighted by Crippen LogP contribution is 2.28. The maximum atomic E-state index is 12.9. The van der Waals surface area contributed by atoms with Gasteiger partial charge in [-0.05, 0) is 23.6 Å². The Hall–Kier alpha value is -2.56. The zero-order valence-electron chi connectivity index (χ0n) is 15.9. The summed E-state index contributed by atoms with van der Waals surface area (Å²) in [6, 6.07) is 6.80. The molecule has 152 valence electrons. The zero-order chi connectivity index (χ0) is 20.4. The number of carbonyl (C=O) groups is 1. The Labute approximate surface area is 173 Å². The van der Waals surface area contributed by atoms with Gasteiger partial charge in [0.15, 0.2) is 0 Å². The molecule has 3 aromatic rings. The SMILES string of the molecule is Cn1nc(CCNC(=O)c2cccnc2)c2c1CCN(S(=O)(=O)c1cccs1)C2. The summed E-state index contributed by atoms with van der Waals surface area (Å²) in [6.07, 6.45) is 4.28. The standard InChI is InChI=1S/C19H21N5O3S2/c1-23-17-7-10-24(29(26,27)18-5-3-11-28-18)13-15(17)16(22-23)6-9-21-19(25)14-4-2-8-20-12-14/h2-5,8,11-12H,6-7,9-10,13H2,1H3,(H,21,25). The van der Waals surface area contributed by atoms with E-state index in [-0.39, 0.29) is 5.91 Å². The molecule has 1 N–H and O–H groups in total. The summed E-state index contributed by atoms with van der Waals surface area (Å²) in [5.74, 6) is -0.190. The third-order valence-corrected chi connectivity index (χ3v) is 8.17. The van der Waals surface area contributed by atoms with E-state index in [4.69, 9.17) is 0 Å². The van der Waals surface area contributed by atoms with E-state index in [1.54, 1.807) is 35.8 Å². The van der Waals surface area contributed by atoms with Gasteiger partial charge in [-0.2, -0.15) is 9.40 Å². The fourth-order valence-corrected chi connectivity index (χ4v) is 6.04. The van der Waals surface area contributed by atoms with Crippen LogP contribution in [-0.2, 0) is 36.5 Å². The van der Waals surface area contributed by atoms with Crippen molar-refractivity contribution in [1.29, 1.82) is 0 Å². The molecule has 1 amide bonds. The Kier molecular flexibility index (Phi) is 5.48. The molecule has 29 heavy (non-hydrogen) atoms. The molecule has 0 unspecified atom stereocenters. The summed E-state index contributed by atoms with van der Waals surface area (Å²) in [5, 5.41) is 9.21. The third kappa shape index (κ3) is 3.96. The van der Waals surface area contributed by atoms with Gasteiger partial charge in [0.2, 0.25) is 0 Å². The molecule has 0 aromatic carbocycles. The average molecular weight is 432 g/mol. The normalized spacial score (nSPS) is 14.5. The topological polar surface area (TPSA) is 97.2 Å². The van der Waals surface area contributed by atoms with Crippen molar-refractivity contribution in [2.24, 2.45) is 7.05 Å². The summed E-state index contributed by atoms with van der Waals surface area (Å²) in [7, 11) is -1.63. The first-order valence-corrected chi connectivity index (χ1v) is 11.5. The van der Waals surface area contributed by atoms with Gasteiger partial charge in [-0.25, -0.2) is 8.42 Å². The van der Waals surface area contributed by atoms with Crippen LogP contribution in [0.3, 0.4) is 0 Å². The summed E-state index contributed by atoms with van der Waals surface area (Å²) in [5.41, 5.74) is 3.31. The third-order valence-electron chi connectivity index (χ3n) is 4.95. The summed E-state index contributed by atoms with van der Waals surface area (Å²) in [4.78, 5) is 16.1. The Bertz CT molecular complexity index is 1110. The zero-order valence-corrected chi connectivity index (χ0v) is 17.5. The maximum absolute atomic E-state index is 12.9. The van der Waals surface area contributed by atoms with Crippen molar-refractivity contribution in [3.63, 3.8) is 0 Å². The monoisotopic (exact) mass is 431 g/mol. The molecule has 0 saturated heterocycles. The van der Waals surface area contributed by atoms with E-state index in [1.807, 2.05) is 11.7 Å². The van der Waals surface area contributed by atoms with E-state index in [0.29, 0.717) is 42.2 Å². The number of amides is 1. The molecule has 3 aromatic heterocycles. The van der Waals surface area contributed by atoms with Crippen LogP contribution in [0.2, 0.25) is 0 Å². The number of pyridine rings is 1. The van der Waals surface area contributed by atoms with Gasteiger partial charge in [0.25, 0.3) is 15.9 Å². The fourth-order valence-electron chi connectivity index (χ4n) is 3.48. The number of rotatable bonds is 6. The van der Waals surface area contributed by atoms with Crippen LogP contribution in [-0.4, -0.2) is 46.5 Å². The maximum Gasteiger partial charge on any atom is 0.252 e. The summed E-state index contributed by atoms with van der Waals surface area (Å²) in [6.45, 7) is 1.15. The molecule has 8 nitrogen and oxygen atoms in total. The number of nitrogens with zero attached hydrogens (tertiary/aromatic N) is 4. The predicted molar refractivity (Wildman–Crippen MR) is 109 cm³/mol. The van der Waals surface area contributed by atoms with Crippen LogP contribution < -0.4 is 5.32 Å². The molecule has 0 aliphatic carbocycles. The number of thiophene rings is 1. The van der Waals surface area contributed by atoms with Crippen LogP contribution in [0, 0.1) is 0 Å². The Morgan fingerprint density at radius 2 is 2.17 bits per heavy atom. The second kappa shape index (κ2) is 8.05. The van der Waals surface area contributed by atoms with E-state index in [2.05, 4.69) is 15.4 Å². The highest BCUT2D eigenvalue weighted by atomic mass is 32.2. The van der Waals surface area contributed by atoms with Crippen LogP contribution in [0.1, 0.15) is 27.3 Å². The van der Waals surface area contributed by atoms with E-state index < -0.39 is 10.0 Å².